The quantitative estimate of drug-likeness (QED) is 0.102. The molecule has 3 N–H and O–H groups in total. The molecule has 11 nitrogen and oxygen atoms in total. The van der Waals surface area contributed by atoms with E-state index < -0.39 is 0 Å². The van der Waals surface area contributed by atoms with Crippen LogP contribution < -0.4 is 30.2 Å². The maximum absolute atomic E-state index is 13.1. The van der Waals surface area contributed by atoms with Crippen molar-refractivity contribution >= 4 is 29.3 Å². The fourth-order valence-electron chi connectivity index (χ4n) is 6.86. The molecule has 2 unspecified atom stereocenters. The van der Waals surface area contributed by atoms with Crippen molar-refractivity contribution in [3.8, 4) is 23.0 Å². The molecule has 3 aromatic carbocycles. The number of methoxy groups -OCH3 is 1. The van der Waals surface area contributed by atoms with E-state index in [1.165, 1.54) is 13.3 Å². The number of rotatable bonds is 16. The number of piperidine rings is 1. The van der Waals surface area contributed by atoms with Gasteiger partial charge in [-0.1, -0.05) is 13.8 Å². The predicted octanol–water partition coefficient (Wildman–Crippen LogP) is 8.12. The molecule has 11 heteroatoms. The van der Waals surface area contributed by atoms with Crippen molar-refractivity contribution in [3.63, 3.8) is 0 Å². The Kier molecular flexibility index (Phi) is 12.6. The van der Waals surface area contributed by atoms with Gasteiger partial charge in [-0.15, -0.1) is 0 Å². The fraction of sp³-hybridized carbons (Fsp3) is 0.462. The molecule has 0 radical (unpaired) electrons. The Bertz CT molecular complexity index is 1590. The minimum atomic E-state index is -0.329. The second-order valence-electron chi connectivity index (χ2n) is 13.0. The number of carbonyl (C=O) groups is 3. The Morgan fingerprint density at radius 3 is 2.28 bits per heavy atom. The molecule has 3 aromatic rings. The van der Waals surface area contributed by atoms with Crippen molar-refractivity contribution in [2.75, 3.05) is 30.9 Å². The Morgan fingerprint density at radius 2 is 1.58 bits per heavy atom. The highest BCUT2D eigenvalue weighted by molar-refractivity contribution is 6.04. The molecule has 50 heavy (non-hydrogen) atoms. The first kappa shape index (κ1) is 36.5. The maximum Gasteiger partial charge on any atom is 0.319 e. The number of carbonyl (C=O) groups excluding carboxylic acids is 3. The molecule has 2 atom stereocenters. The zero-order valence-electron chi connectivity index (χ0n) is 29.6. The van der Waals surface area contributed by atoms with Gasteiger partial charge in [-0.3, -0.25) is 14.5 Å². The lowest BCUT2D eigenvalue weighted by Crippen LogP contribution is -2.54. The normalized spacial score (nSPS) is 18.3. The highest BCUT2D eigenvalue weighted by Gasteiger charge is 2.50. The molecule has 0 spiro atoms. The molecule has 2 aliphatic heterocycles. The van der Waals surface area contributed by atoms with Crippen LogP contribution in [-0.4, -0.2) is 60.9 Å². The molecule has 0 aliphatic carbocycles. The number of ether oxygens (including phenoxy) is 4. The summed E-state index contributed by atoms with van der Waals surface area (Å²) in [7, 11) is 1.54. The lowest BCUT2D eigenvalue weighted by atomic mass is 9.99. The number of amides is 3. The third kappa shape index (κ3) is 9.47. The van der Waals surface area contributed by atoms with E-state index in [4.69, 9.17) is 18.9 Å². The standard InChI is InChI=1S/C39H50N4O7/c1-5-29(6-2)41-38(46)42-31-15-20-35(36(26-31)47-4)49-33-18-13-30(14-19-33)40-37(45)28-11-16-34(17-12-28)50-39-22-9-10-32(21-23-39)43(39)24-7-8-25-48-27(3)44/h11-20,26,29,32H,5-10,21-25H2,1-4H3,(H,40,45)(H2,41,42,46). The van der Waals surface area contributed by atoms with Gasteiger partial charge in [-0.05, 0) is 106 Å². The van der Waals surface area contributed by atoms with Gasteiger partial charge >= 0.3 is 12.0 Å². The SMILES string of the molecule is CCC(CC)NC(=O)Nc1ccc(Oc2ccc(NC(=O)c3ccc(OC45CCCC(CC4)N5CCCCOC(C)=O)cc3)cc2)c(OC)c1. The average molecular weight is 687 g/mol. The minimum absolute atomic E-state index is 0.115. The van der Waals surface area contributed by atoms with Crippen LogP contribution in [0, 0.1) is 0 Å². The number of hydrogen-bond acceptors (Lipinski definition) is 8. The summed E-state index contributed by atoms with van der Waals surface area (Å²) in [5.74, 6) is 1.80. The van der Waals surface area contributed by atoms with E-state index in [0.29, 0.717) is 46.8 Å². The topological polar surface area (TPSA) is 127 Å². The molecular weight excluding hydrogens is 636 g/mol. The summed E-state index contributed by atoms with van der Waals surface area (Å²) in [6.07, 6.45) is 8.88. The average Bonchev–Trinajstić information content (AvgIpc) is 3.29. The van der Waals surface area contributed by atoms with Gasteiger partial charge in [0.05, 0.1) is 13.7 Å². The molecule has 2 saturated heterocycles. The predicted molar refractivity (Wildman–Crippen MR) is 193 cm³/mol. The molecular formula is C39H50N4O7. The van der Waals surface area contributed by atoms with Crippen molar-refractivity contribution in [2.45, 2.75) is 96.4 Å². The van der Waals surface area contributed by atoms with Crippen LogP contribution in [0.4, 0.5) is 16.2 Å². The largest absolute Gasteiger partial charge is 0.493 e. The number of benzene rings is 3. The van der Waals surface area contributed by atoms with Gasteiger partial charge in [0.25, 0.3) is 5.91 Å². The third-order valence-corrected chi connectivity index (χ3v) is 9.54. The fourth-order valence-corrected chi connectivity index (χ4v) is 6.86. The first-order valence-electron chi connectivity index (χ1n) is 17.8. The lowest BCUT2D eigenvalue weighted by molar-refractivity contribution is -0.141. The minimum Gasteiger partial charge on any atom is -0.493 e. The Labute approximate surface area is 295 Å². The smallest absolute Gasteiger partial charge is 0.319 e. The van der Waals surface area contributed by atoms with Crippen LogP contribution in [-0.2, 0) is 9.53 Å². The number of urea groups is 1. The van der Waals surface area contributed by atoms with Crippen LogP contribution in [0.5, 0.6) is 23.0 Å². The summed E-state index contributed by atoms with van der Waals surface area (Å²) >= 11 is 0. The molecule has 2 fully saturated rings. The molecule has 5 rings (SSSR count). The zero-order chi connectivity index (χ0) is 35.5. The van der Waals surface area contributed by atoms with Crippen molar-refractivity contribution in [2.24, 2.45) is 0 Å². The molecule has 3 amide bonds. The summed E-state index contributed by atoms with van der Waals surface area (Å²) in [6, 6.07) is 20.0. The van der Waals surface area contributed by atoms with E-state index in [0.717, 1.165) is 63.7 Å². The molecule has 0 saturated carbocycles. The maximum atomic E-state index is 13.1. The number of unbranched alkanes of at least 4 members (excludes halogenated alkanes) is 1. The van der Waals surface area contributed by atoms with Crippen LogP contribution in [0.2, 0.25) is 0 Å². The van der Waals surface area contributed by atoms with Crippen LogP contribution >= 0.6 is 0 Å². The second kappa shape index (κ2) is 17.2. The third-order valence-electron chi connectivity index (χ3n) is 9.54. The number of fused-ring (bicyclic) bond motifs is 2. The van der Waals surface area contributed by atoms with Gasteiger partial charge in [-0.25, -0.2) is 4.79 Å². The van der Waals surface area contributed by atoms with E-state index in [1.807, 2.05) is 26.0 Å². The highest BCUT2D eigenvalue weighted by Crippen LogP contribution is 2.45. The van der Waals surface area contributed by atoms with Gasteiger partial charge < -0.3 is 34.9 Å². The molecule has 0 aromatic heterocycles. The molecule has 2 heterocycles. The van der Waals surface area contributed by atoms with Crippen molar-refractivity contribution in [3.05, 3.63) is 72.3 Å². The zero-order valence-corrected chi connectivity index (χ0v) is 29.6. The molecule has 268 valence electrons. The summed E-state index contributed by atoms with van der Waals surface area (Å²) < 4.78 is 23.3. The van der Waals surface area contributed by atoms with E-state index in [-0.39, 0.29) is 29.7 Å². The van der Waals surface area contributed by atoms with Crippen LogP contribution in [0.3, 0.4) is 0 Å². The number of nitrogens with zero attached hydrogens (tertiary/aromatic N) is 1. The number of esters is 1. The van der Waals surface area contributed by atoms with Crippen molar-refractivity contribution in [1.82, 2.24) is 10.2 Å². The summed E-state index contributed by atoms with van der Waals surface area (Å²) in [5.41, 5.74) is 1.41. The Hall–Kier alpha value is -4.77. The second-order valence-corrected chi connectivity index (χ2v) is 13.0. The van der Waals surface area contributed by atoms with E-state index in [9.17, 15) is 14.4 Å². The van der Waals surface area contributed by atoms with Gasteiger partial charge in [0.1, 0.15) is 11.5 Å². The summed E-state index contributed by atoms with van der Waals surface area (Å²) in [5, 5.41) is 8.74. The molecule has 2 bridgehead atoms. The van der Waals surface area contributed by atoms with Gasteiger partial charge in [0, 0.05) is 61.4 Å². The van der Waals surface area contributed by atoms with Crippen LogP contribution in [0.25, 0.3) is 0 Å². The summed E-state index contributed by atoms with van der Waals surface area (Å²) in [6.45, 7) is 6.87. The van der Waals surface area contributed by atoms with Gasteiger partial charge in [0.15, 0.2) is 17.2 Å². The van der Waals surface area contributed by atoms with Crippen molar-refractivity contribution < 1.29 is 33.3 Å². The number of nitrogens with one attached hydrogen (secondary N) is 3. The van der Waals surface area contributed by atoms with E-state index in [1.54, 1.807) is 61.7 Å². The van der Waals surface area contributed by atoms with Gasteiger partial charge in [0.2, 0.25) is 0 Å². The van der Waals surface area contributed by atoms with Crippen LogP contribution in [0.15, 0.2) is 66.7 Å². The van der Waals surface area contributed by atoms with E-state index >= 15 is 0 Å². The lowest BCUT2D eigenvalue weighted by Gasteiger charge is -2.44. The van der Waals surface area contributed by atoms with Crippen molar-refractivity contribution in [1.29, 1.82) is 0 Å². The van der Waals surface area contributed by atoms with Crippen LogP contribution in [0.1, 0.15) is 88.9 Å². The summed E-state index contributed by atoms with van der Waals surface area (Å²) in [4.78, 5) is 39.0. The first-order chi connectivity index (χ1) is 24.2. The van der Waals surface area contributed by atoms with E-state index in [2.05, 4.69) is 20.9 Å². The number of anilines is 2. The Balaban J connectivity index is 1.13. The monoisotopic (exact) mass is 686 g/mol. The Morgan fingerprint density at radius 1 is 0.860 bits per heavy atom. The van der Waals surface area contributed by atoms with Gasteiger partial charge in [-0.2, -0.15) is 0 Å². The molecule has 2 aliphatic rings. The highest BCUT2D eigenvalue weighted by atomic mass is 16.5. The number of hydrogen-bond donors (Lipinski definition) is 3. The first-order valence-corrected chi connectivity index (χ1v) is 17.8.